The van der Waals surface area contributed by atoms with Gasteiger partial charge in [0.1, 0.15) is 6.54 Å². The molecule has 9 heteroatoms. The van der Waals surface area contributed by atoms with Crippen LogP contribution >= 0.6 is 11.6 Å². The first-order valence-electron chi connectivity index (χ1n) is 10.5. The topological polar surface area (TPSA) is 90.3 Å². The first kappa shape index (κ1) is 22.5. The molecule has 168 valence electrons. The molecule has 0 aliphatic heterocycles. The van der Waals surface area contributed by atoms with Gasteiger partial charge in [0.05, 0.1) is 23.7 Å². The third kappa shape index (κ3) is 4.87. The third-order valence-corrected chi connectivity index (χ3v) is 7.19. The zero-order valence-corrected chi connectivity index (χ0v) is 19.2. The fraction of sp³-hybridized carbons (Fsp3) is 0.304. The van der Waals surface area contributed by atoms with Gasteiger partial charge in [0.2, 0.25) is 10.0 Å². The Hall–Kier alpha value is -2.68. The lowest BCUT2D eigenvalue weighted by Gasteiger charge is -2.24. The number of fused-ring (bicyclic) bond motifs is 1. The van der Waals surface area contributed by atoms with E-state index in [1.165, 1.54) is 0 Å². The molecule has 2 aromatic carbocycles. The van der Waals surface area contributed by atoms with Gasteiger partial charge in [-0.15, -0.1) is 0 Å². The van der Waals surface area contributed by atoms with Crippen LogP contribution in [-0.4, -0.2) is 30.8 Å². The molecule has 0 bridgehead atoms. The molecule has 1 aliphatic rings. The Bertz CT molecular complexity index is 1220. The van der Waals surface area contributed by atoms with Crippen molar-refractivity contribution in [1.82, 2.24) is 14.5 Å². The lowest BCUT2D eigenvalue weighted by atomic mass is 9.94. The second-order valence-corrected chi connectivity index (χ2v) is 9.76. The van der Waals surface area contributed by atoms with E-state index in [4.69, 9.17) is 16.3 Å². The molecule has 1 aromatic heterocycles. The second kappa shape index (κ2) is 9.44. The summed E-state index contributed by atoms with van der Waals surface area (Å²) in [5.74, 6) is -0.360. The van der Waals surface area contributed by atoms with Gasteiger partial charge < -0.3 is 4.74 Å². The molecule has 0 radical (unpaired) electrons. The number of rotatable bonds is 7. The number of aromatic nitrogens is 2. The fourth-order valence-electron chi connectivity index (χ4n) is 3.96. The highest BCUT2D eigenvalue weighted by molar-refractivity contribution is 7.89. The van der Waals surface area contributed by atoms with Crippen molar-refractivity contribution in [2.75, 3.05) is 6.61 Å². The van der Waals surface area contributed by atoms with E-state index in [0.29, 0.717) is 18.1 Å². The van der Waals surface area contributed by atoms with E-state index < -0.39 is 16.1 Å². The first-order chi connectivity index (χ1) is 15.4. The van der Waals surface area contributed by atoms with Gasteiger partial charge in [0, 0.05) is 16.3 Å². The van der Waals surface area contributed by atoms with Crippen molar-refractivity contribution < 1.29 is 17.9 Å². The van der Waals surface area contributed by atoms with Gasteiger partial charge in [-0.3, -0.25) is 9.48 Å². The standard InChI is InChI=1S/C23H24ClN3O4S/c1-2-31-23(28)15-27-22-8-4-7-21(20(22)14-25-27)26-32(29,30)19-11-9-16(10-12-19)17-5-3-6-18(24)13-17/h3,5-6,9-14,21,26H,2,4,7-8,15H2,1H3/t21-/m1/s1. The van der Waals surface area contributed by atoms with Crippen LogP contribution in [0, 0.1) is 0 Å². The van der Waals surface area contributed by atoms with Crippen molar-refractivity contribution in [3.05, 3.63) is 71.0 Å². The summed E-state index contributed by atoms with van der Waals surface area (Å²) in [6, 6.07) is 13.7. The molecule has 4 rings (SSSR count). The molecular weight excluding hydrogens is 450 g/mol. The largest absolute Gasteiger partial charge is 0.465 e. The molecule has 0 saturated carbocycles. The zero-order chi connectivity index (χ0) is 22.7. The second-order valence-electron chi connectivity index (χ2n) is 7.61. The summed E-state index contributed by atoms with van der Waals surface area (Å²) >= 11 is 6.06. The van der Waals surface area contributed by atoms with E-state index in [9.17, 15) is 13.2 Å². The lowest BCUT2D eigenvalue weighted by Crippen LogP contribution is -2.31. The van der Waals surface area contributed by atoms with Crippen LogP contribution in [0.4, 0.5) is 0 Å². The van der Waals surface area contributed by atoms with Crippen LogP contribution in [0.3, 0.4) is 0 Å². The minimum atomic E-state index is -3.74. The van der Waals surface area contributed by atoms with Gasteiger partial charge in [-0.05, 0) is 61.6 Å². The van der Waals surface area contributed by atoms with Crippen LogP contribution < -0.4 is 4.72 Å². The minimum absolute atomic E-state index is 0.0214. The summed E-state index contributed by atoms with van der Waals surface area (Å²) in [5, 5.41) is 4.92. The molecule has 0 unspecified atom stereocenters. The number of carbonyl (C=O) groups excluding carboxylic acids is 1. The fourth-order valence-corrected chi connectivity index (χ4v) is 5.40. The summed E-state index contributed by atoms with van der Waals surface area (Å²) in [6.07, 6.45) is 3.84. The molecule has 1 atom stereocenters. The smallest absolute Gasteiger partial charge is 0.327 e. The van der Waals surface area contributed by atoms with E-state index >= 15 is 0 Å². The number of sulfonamides is 1. The summed E-state index contributed by atoms with van der Waals surface area (Å²) in [6.45, 7) is 2.08. The molecule has 1 aliphatic carbocycles. The van der Waals surface area contributed by atoms with Gasteiger partial charge in [-0.1, -0.05) is 35.9 Å². The summed E-state index contributed by atoms with van der Waals surface area (Å²) in [7, 11) is -3.74. The number of esters is 1. The monoisotopic (exact) mass is 473 g/mol. The maximum atomic E-state index is 13.0. The lowest BCUT2D eigenvalue weighted by molar-refractivity contribution is -0.144. The molecule has 3 aromatic rings. The van der Waals surface area contributed by atoms with Crippen molar-refractivity contribution in [1.29, 1.82) is 0 Å². The van der Waals surface area contributed by atoms with Crippen LogP contribution in [-0.2, 0) is 32.5 Å². The van der Waals surface area contributed by atoms with Gasteiger partial charge in [-0.25, -0.2) is 13.1 Å². The Morgan fingerprint density at radius 3 is 2.72 bits per heavy atom. The predicted octanol–water partition coefficient (Wildman–Crippen LogP) is 4.12. The van der Waals surface area contributed by atoms with E-state index in [1.54, 1.807) is 48.1 Å². The Morgan fingerprint density at radius 2 is 2.00 bits per heavy atom. The van der Waals surface area contributed by atoms with Gasteiger partial charge in [-0.2, -0.15) is 5.10 Å². The average Bonchev–Trinajstić information content (AvgIpc) is 3.17. The number of carbonyl (C=O) groups is 1. The number of ether oxygens (including phenoxy) is 1. The number of benzene rings is 2. The molecule has 7 nitrogen and oxygen atoms in total. The normalized spacial score (nSPS) is 15.9. The van der Waals surface area contributed by atoms with Crippen molar-refractivity contribution in [2.24, 2.45) is 0 Å². The summed E-state index contributed by atoms with van der Waals surface area (Å²) in [4.78, 5) is 12.0. The Labute approximate surface area is 192 Å². The number of nitrogens with zero attached hydrogens (tertiary/aromatic N) is 2. The van der Waals surface area contributed by atoms with Gasteiger partial charge in [0.15, 0.2) is 0 Å². The number of hydrogen-bond acceptors (Lipinski definition) is 5. The molecule has 0 saturated heterocycles. The third-order valence-electron chi connectivity index (χ3n) is 5.47. The first-order valence-corrected chi connectivity index (χ1v) is 12.3. The Balaban J connectivity index is 1.52. The zero-order valence-electron chi connectivity index (χ0n) is 17.6. The highest BCUT2D eigenvalue weighted by Crippen LogP contribution is 2.31. The van der Waals surface area contributed by atoms with Crippen LogP contribution in [0.1, 0.15) is 37.1 Å². The van der Waals surface area contributed by atoms with Crippen molar-refractivity contribution >= 4 is 27.6 Å². The number of halogens is 1. The summed E-state index contributed by atoms with van der Waals surface area (Å²) < 4.78 is 35.5. The minimum Gasteiger partial charge on any atom is -0.465 e. The van der Waals surface area contributed by atoms with E-state index in [-0.39, 0.29) is 17.4 Å². The molecule has 0 spiro atoms. The highest BCUT2D eigenvalue weighted by Gasteiger charge is 2.29. The van der Waals surface area contributed by atoms with E-state index in [2.05, 4.69) is 9.82 Å². The SMILES string of the molecule is CCOC(=O)Cn1ncc2c1CCC[C@H]2NS(=O)(=O)c1ccc(-c2cccc(Cl)c2)cc1. The van der Waals surface area contributed by atoms with Crippen LogP contribution in [0.25, 0.3) is 11.1 Å². The van der Waals surface area contributed by atoms with Crippen molar-refractivity contribution in [2.45, 2.75) is 43.7 Å². The van der Waals surface area contributed by atoms with E-state index in [1.807, 2.05) is 18.2 Å². The molecule has 32 heavy (non-hydrogen) atoms. The van der Waals surface area contributed by atoms with Crippen LogP contribution in [0.15, 0.2) is 59.6 Å². The number of hydrogen-bond donors (Lipinski definition) is 1. The van der Waals surface area contributed by atoms with Gasteiger partial charge >= 0.3 is 5.97 Å². The summed E-state index contributed by atoms with van der Waals surface area (Å²) in [5.41, 5.74) is 3.47. The molecular formula is C23H24ClN3O4S. The van der Waals surface area contributed by atoms with Crippen LogP contribution in [0.2, 0.25) is 5.02 Å². The average molecular weight is 474 g/mol. The predicted molar refractivity (Wildman–Crippen MR) is 122 cm³/mol. The molecule has 1 N–H and O–H groups in total. The van der Waals surface area contributed by atoms with Crippen molar-refractivity contribution in [3.63, 3.8) is 0 Å². The van der Waals surface area contributed by atoms with Crippen LogP contribution in [0.5, 0.6) is 0 Å². The molecule has 1 heterocycles. The maximum Gasteiger partial charge on any atom is 0.327 e. The van der Waals surface area contributed by atoms with Crippen molar-refractivity contribution in [3.8, 4) is 11.1 Å². The molecule has 0 fully saturated rings. The Morgan fingerprint density at radius 1 is 1.22 bits per heavy atom. The Kier molecular flexibility index (Phi) is 6.64. The van der Waals surface area contributed by atoms with E-state index in [0.717, 1.165) is 35.2 Å². The maximum absolute atomic E-state index is 13.0. The highest BCUT2D eigenvalue weighted by atomic mass is 35.5. The quantitative estimate of drug-likeness (QED) is 0.521. The molecule has 0 amide bonds. The van der Waals surface area contributed by atoms with Gasteiger partial charge in [0.25, 0.3) is 0 Å². The number of nitrogens with one attached hydrogen (secondary N) is 1.